The fraction of sp³-hybridized carbons (Fsp3) is 0.400. The van der Waals surface area contributed by atoms with Crippen LogP contribution in [0, 0.1) is 0 Å². The van der Waals surface area contributed by atoms with Crippen molar-refractivity contribution in [3.63, 3.8) is 0 Å². The molecule has 0 spiro atoms. The van der Waals surface area contributed by atoms with Crippen LogP contribution in [0.4, 0.5) is 8.78 Å². The third-order valence-electron chi connectivity index (χ3n) is 2.72. The standard InChI is InChI=1S/C10H10F2O3S/c11-10(12)16(14,15)8-3-1-2-6-4-5-7(13)9(6)8/h1-3,7,10,13H,4-5H2. The van der Waals surface area contributed by atoms with Gasteiger partial charge in [-0.15, -0.1) is 0 Å². The third-order valence-corrected chi connectivity index (χ3v) is 4.16. The van der Waals surface area contributed by atoms with Crippen molar-refractivity contribution in [1.82, 2.24) is 0 Å². The lowest BCUT2D eigenvalue weighted by Gasteiger charge is -2.11. The Bertz CT molecular complexity index is 511. The third kappa shape index (κ3) is 1.62. The zero-order valence-corrected chi connectivity index (χ0v) is 9.05. The maximum absolute atomic E-state index is 12.4. The Morgan fingerprint density at radius 1 is 1.38 bits per heavy atom. The van der Waals surface area contributed by atoms with E-state index < -0.39 is 26.6 Å². The number of aryl methyl sites for hydroxylation is 1. The summed E-state index contributed by atoms with van der Waals surface area (Å²) in [4.78, 5) is -0.440. The molecule has 1 N–H and O–H groups in total. The summed E-state index contributed by atoms with van der Waals surface area (Å²) in [6, 6.07) is 4.19. The number of aliphatic hydroxyl groups excluding tert-OH is 1. The maximum atomic E-state index is 12.4. The van der Waals surface area contributed by atoms with Gasteiger partial charge in [0.25, 0.3) is 0 Å². The van der Waals surface area contributed by atoms with Crippen LogP contribution in [0.5, 0.6) is 0 Å². The number of fused-ring (bicyclic) bond motifs is 1. The molecule has 0 aliphatic heterocycles. The van der Waals surface area contributed by atoms with Crippen LogP contribution in [0.1, 0.15) is 23.7 Å². The predicted molar refractivity (Wildman–Crippen MR) is 52.9 cm³/mol. The van der Waals surface area contributed by atoms with Crippen LogP contribution in [-0.4, -0.2) is 19.3 Å². The van der Waals surface area contributed by atoms with Crippen molar-refractivity contribution in [2.75, 3.05) is 0 Å². The smallest absolute Gasteiger partial charge is 0.341 e. The normalized spacial score (nSPS) is 20.1. The van der Waals surface area contributed by atoms with E-state index in [-0.39, 0.29) is 5.56 Å². The zero-order chi connectivity index (χ0) is 11.9. The molecule has 0 saturated heterocycles. The molecule has 2 rings (SSSR count). The lowest BCUT2D eigenvalue weighted by molar-refractivity contribution is 0.176. The van der Waals surface area contributed by atoms with Crippen molar-refractivity contribution in [2.24, 2.45) is 0 Å². The number of hydrogen-bond acceptors (Lipinski definition) is 3. The van der Waals surface area contributed by atoms with Crippen LogP contribution >= 0.6 is 0 Å². The Hall–Kier alpha value is -1.01. The van der Waals surface area contributed by atoms with Crippen LogP contribution in [0.3, 0.4) is 0 Å². The fourth-order valence-electron chi connectivity index (χ4n) is 1.97. The molecular weight excluding hydrogens is 238 g/mol. The molecule has 0 amide bonds. The van der Waals surface area contributed by atoms with Crippen LogP contribution < -0.4 is 0 Å². The number of benzene rings is 1. The molecule has 0 radical (unpaired) electrons. The second kappa shape index (κ2) is 3.78. The number of hydrogen-bond donors (Lipinski definition) is 1. The average molecular weight is 248 g/mol. The van der Waals surface area contributed by atoms with E-state index in [1.807, 2.05) is 0 Å². The highest BCUT2D eigenvalue weighted by atomic mass is 32.2. The first-order valence-corrected chi connectivity index (χ1v) is 6.31. The van der Waals surface area contributed by atoms with Gasteiger partial charge in [0.2, 0.25) is 9.84 Å². The summed E-state index contributed by atoms with van der Waals surface area (Å²) in [5.74, 6) is -3.45. The second-order valence-electron chi connectivity index (χ2n) is 3.69. The minimum absolute atomic E-state index is 0.141. The van der Waals surface area contributed by atoms with Gasteiger partial charge in [0.1, 0.15) is 0 Å². The largest absolute Gasteiger partial charge is 0.388 e. The quantitative estimate of drug-likeness (QED) is 0.866. The summed E-state index contributed by atoms with van der Waals surface area (Å²) >= 11 is 0. The molecule has 6 heteroatoms. The lowest BCUT2D eigenvalue weighted by Crippen LogP contribution is -2.14. The van der Waals surface area contributed by atoms with Gasteiger partial charge in [-0.1, -0.05) is 12.1 Å². The molecule has 0 heterocycles. The minimum atomic E-state index is -4.63. The van der Waals surface area contributed by atoms with E-state index in [0.29, 0.717) is 18.4 Å². The zero-order valence-electron chi connectivity index (χ0n) is 8.23. The van der Waals surface area contributed by atoms with Crippen LogP contribution in [0.2, 0.25) is 0 Å². The Morgan fingerprint density at radius 2 is 2.06 bits per heavy atom. The van der Waals surface area contributed by atoms with Gasteiger partial charge in [0.05, 0.1) is 11.0 Å². The number of sulfone groups is 1. The minimum Gasteiger partial charge on any atom is -0.388 e. The topological polar surface area (TPSA) is 54.4 Å². The molecule has 3 nitrogen and oxygen atoms in total. The number of aliphatic hydroxyl groups is 1. The van der Waals surface area contributed by atoms with E-state index in [2.05, 4.69) is 0 Å². The molecule has 0 aromatic heterocycles. The van der Waals surface area contributed by atoms with E-state index >= 15 is 0 Å². The molecule has 0 saturated carbocycles. The summed E-state index contributed by atoms with van der Waals surface area (Å²) in [7, 11) is -4.63. The highest BCUT2D eigenvalue weighted by Crippen LogP contribution is 2.37. The fourth-order valence-corrected chi connectivity index (χ4v) is 3.00. The van der Waals surface area contributed by atoms with E-state index in [1.165, 1.54) is 6.07 Å². The van der Waals surface area contributed by atoms with Crippen molar-refractivity contribution < 1.29 is 22.3 Å². The summed E-state index contributed by atoms with van der Waals surface area (Å²) < 4.78 is 47.6. The van der Waals surface area contributed by atoms with Gasteiger partial charge >= 0.3 is 5.76 Å². The van der Waals surface area contributed by atoms with Crippen LogP contribution in [0.15, 0.2) is 23.1 Å². The van der Waals surface area contributed by atoms with Gasteiger partial charge in [0.15, 0.2) is 0 Å². The van der Waals surface area contributed by atoms with Crippen LogP contribution in [0.25, 0.3) is 0 Å². The van der Waals surface area contributed by atoms with Crippen molar-refractivity contribution in [3.05, 3.63) is 29.3 Å². The molecule has 1 aromatic carbocycles. The number of halogens is 2. The van der Waals surface area contributed by atoms with Crippen molar-refractivity contribution in [2.45, 2.75) is 29.6 Å². The molecule has 16 heavy (non-hydrogen) atoms. The maximum Gasteiger partial charge on any atom is 0.341 e. The summed E-state index contributed by atoms with van der Waals surface area (Å²) in [5, 5.41) is 9.60. The van der Waals surface area contributed by atoms with E-state index in [4.69, 9.17) is 0 Å². The van der Waals surface area contributed by atoms with Crippen molar-refractivity contribution >= 4 is 9.84 Å². The molecule has 0 bridgehead atoms. The Kier molecular flexibility index (Phi) is 2.71. The molecule has 1 aromatic rings. The molecule has 1 unspecified atom stereocenters. The first kappa shape index (κ1) is 11.5. The molecule has 1 atom stereocenters. The van der Waals surface area contributed by atoms with E-state index in [9.17, 15) is 22.3 Å². The number of alkyl halides is 2. The Balaban J connectivity index is 2.65. The highest BCUT2D eigenvalue weighted by Gasteiger charge is 2.34. The second-order valence-corrected chi connectivity index (χ2v) is 5.58. The summed E-state index contributed by atoms with van der Waals surface area (Å²) in [5.41, 5.74) is 0.775. The number of rotatable bonds is 2. The summed E-state index contributed by atoms with van der Waals surface area (Å²) in [6.45, 7) is 0. The van der Waals surface area contributed by atoms with Gasteiger partial charge in [0, 0.05) is 5.56 Å². The Morgan fingerprint density at radius 3 is 2.69 bits per heavy atom. The first-order chi connectivity index (χ1) is 7.44. The Labute approximate surface area is 91.6 Å². The monoisotopic (exact) mass is 248 g/mol. The predicted octanol–water partition coefficient (Wildman–Crippen LogP) is 1.66. The van der Waals surface area contributed by atoms with E-state index in [1.54, 1.807) is 6.07 Å². The molecule has 88 valence electrons. The van der Waals surface area contributed by atoms with Crippen LogP contribution in [-0.2, 0) is 16.3 Å². The van der Waals surface area contributed by atoms with Crippen molar-refractivity contribution in [3.8, 4) is 0 Å². The van der Waals surface area contributed by atoms with Gasteiger partial charge in [-0.25, -0.2) is 8.42 Å². The van der Waals surface area contributed by atoms with Gasteiger partial charge in [-0.05, 0) is 24.5 Å². The van der Waals surface area contributed by atoms with Crippen molar-refractivity contribution in [1.29, 1.82) is 0 Å². The SMILES string of the molecule is O=S(=O)(c1cccc2c1C(O)CC2)C(F)F. The first-order valence-electron chi connectivity index (χ1n) is 4.76. The molecular formula is C10H10F2O3S. The van der Waals surface area contributed by atoms with Gasteiger partial charge in [-0.3, -0.25) is 0 Å². The summed E-state index contributed by atoms with van der Waals surface area (Å²) in [6.07, 6.45) is -0.0616. The molecule has 1 aliphatic carbocycles. The highest BCUT2D eigenvalue weighted by molar-refractivity contribution is 7.91. The van der Waals surface area contributed by atoms with Gasteiger partial charge < -0.3 is 5.11 Å². The van der Waals surface area contributed by atoms with Gasteiger partial charge in [-0.2, -0.15) is 8.78 Å². The molecule has 1 aliphatic rings. The van der Waals surface area contributed by atoms with E-state index in [0.717, 1.165) is 6.07 Å². The average Bonchev–Trinajstić information content (AvgIpc) is 2.60. The lowest BCUT2D eigenvalue weighted by atomic mass is 10.1. The molecule has 0 fully saturated rings.